The summed E-state index contributed by atoms with van der Waals surface area (Å²) in [5.41, 5.74) is 0.914. The fourth-order valence-electron chi connectivity index (χ4n) is 1.35. The molecule has 0 aliphatic carbocycles. The molecule has 6 nitrogen and oxygen atoms in total. The van der Waals surface area contributed by atoms with Crippen LogP contribution in [0.25, 0.3) is 0 Å². The Balaban J connectivity index is 2.13. The Morgan fingerprint density at radius 3 is 2.79 bits per heavy atom. The number of ether oxygens (including phenoxy) is 1. The van der Waals surface area contributed by atoms with Crippen molar-refractivity contribution < 1.29 is 14.3 Å². The largest absolute Gasteiger partial charge is 0.463 e. The van der Waals surface area contributed by atoms with E-state index in [2.05, 4.69) is 15.6 Å². The Labute approximate surface area is 112 Å². The Morgan fingerprint density at radius 2 is 2.16 bits per heavy atom. The van der Waals surface area contributed by atoms with Gasteiger partial charge in [-0.3, -0.25) is 9.78 Å². The number of carbonyl (C=O) groups is 2. The van der Waals surface area contributed by atoms with E-state index in [9.17, 15) is 9.59 Å². The fourth-order valence-corrected chi connectivity index (χ4v) is 1.35. The maximum atomic E-state index is 11.4. The summed E-state index contributed by atoms with van der Waals surface area (Å²) in [4.78, 5) is 26.6. The van der Waals surface area contributed by atoms with E-state index in [1.807, 2.05) is 6.07 Å². The molecule has 0 saturated carbocycles. The second-order valence-electron chi connectivity index (χ2n) is 4.26. The van der Waals surface area contributed by atoms with Gasteiger partial charge in [0.25, 0.3) is 0 Å². The van der Waals surface area contributed by atoms with Crippen LogP contribution < -0.4 is 10.6 Å². The van der Waals surface area contributed by atoms with E-state index in [1.54, 1.807) is 32.3 Å². The number of amides is 2. The van der Waals surface area contributed by atoms with Crippen molar-refractivity contribution >= 4 is 12.0 Å². The van der Waals surface area contributed by atoms with Crippen molar-refractivity contribution in [1.82, 2.24) is 15.6 Å². The average molecular weight is 265 g/mol. The van der Waals surface area contributed by atoms with Crippen molar-refractivity contribution in [2.45, 2.75) is 32.9 Å². The van der Waals surface area contributed by atoms with Crippen LogP contribution >= 0.6 is 0 Å². The SMILES string of the molecule is CC(C)OC(=O)CCNC(=O)NCc1cccnc1. The van der Waals surface area contributed by atoms with Crippen LogP contribution in [-0.2, 0) is 16.1 Å². The number of pyridine rings is 1. The highest BCUT2D eigenvalue weighted by molar-refractivity contribution is 5.75. The molecular weight excluding hydrogens is 246 g/mol. The molecule has 1 aromatic heterocycles. The molecular formula is C13H19N3O3. The van der Waals surface area contributed by atoms with E-state index < -0.39 is 0 Å². The molecule has 1 rings (SSSR count). The van der Waals surface area contributed by atoms with Gasteiger partial charge in [0.05, 0.1) is 12.5 Å². The molecule has 6 heteroatoms. The van der Waals surface area contributed by atoms with Crippen molar-refractivity contribution in [1.29, 1.82) is 0 Å². The number of nitrogens with one attached hydrogen (secondary N) is 2. The van der Waals surface area contributed by atoms with Crippen molar-refractivity contribution in [3.05, 3.63) is 30.1 Å². The minimum atomic E-state index is -0.318. The Bertz CT molecular complexity index is 407. The van der Waals surface area contributed by atoms with Gasteiger partial charge in [0.1, 0.15) is 0 Å². The van der Waals surface area contributed by atoms with Crippen molar-refractivity contribution in [3.63, 3.8) is 0 Å². The van der Waals surface area contributed by atoms with Crippen molar-refractivity contribution in [2.24, 2.45) is 0 Å². The van der Waals surface area contributed by atoms with Crippen LogP contribution in [0.4, 0.5) is 4.79 Å². The van der Waals surface area contributed by atoms with Crippen LogP contribution in [0.15, 0.2) is 24.5 Å². The monoisotopic (exact) mass is 265 g/mol. The fraction of sp³-hybridized carbons (Fsp3) is 0.462. The van der Waals surface area contributed by atoms with Gasteiger partial charge in [0, 0.05) is 25.5 Å². The third-order valence-corrected chi connectivity index (χ3v) is 2.16. The van der Waals surface area contributed by atoms with Crippen LogP contribution in [-0.4, -0.2) is 29.6 Å². The second-order valence-corrected chi connectivity index (χ2v) is 4.26. The summed E-state index contributed by atoms with van der Waals surface area (Å²) in [7, 11) is 0. The molecule has 104 valence electrons. The quantitative estimate of drug-likeness (QED) is 0.758. The molecule has 0 aliphatic heterocycles. The van der Waals surface area contributed by atoms with E-state index in [1.165, 1.54) is 0 Å². The smallest absolute Gasteiger partial charge is 0.315 e. The van der Waals surface area contributed by atoms with Gasteiger partial charge in [-0.05, 0) is 25.5 Å². The standard InChI is InChI=1S/C13H19N3O3/c1-10(2)19-12(17)5-7-15-13(18)16-9-11-4-3-6-14-8-11/h3-4,6,8,10H,5,7,9H2,1-2H3,(H2,15,16,18). The second kappa shape index (κ2) is 8.07. The number of nitrogens with zero attached hydrogens (tertiary/aromatic N) is 1. The first-order chi connectivity index (χ1) is 9.08. The molecule has 0 fully saturated rings. The predicted octanol–water partition coefficient (Wildman–Crippen LogP) is 1.22. The molecule has 0 bridgehead atoms. The molecule has 0 saturated heterocycles. The molecule has 0 atom stereocenters. The summed E-state index contributed by atoms with van der Waals surface area (Å²) in [5.74, 6) is -0.317. The van der Waals surface area contributed by atoms with Gasteiger partial charge >= 0.3 is 12.0 Å². The van der Waals surface area contributed by atoms with Gasteiger partial charge in [-0.25, -0.2) is 4.79 Å². The third-order valence-electron chi connectivity index (χ3n) is 2.16. The zero-order chi connectivity index (χ0) is 14.1. The lowest BCUT2D eigenvalue weighted by molar-refractivity contribution is -0.147. The van der Waals surface area contributed by atoms with Crippen LogP contribution in [0, 0.1) is 0 Å². The number of hydrogen-bond acceptors (Lipinski definition) is 4. The van der Waals surface area contributed by atoms with Crippen LogP contribution in [0.2, 0.25) is 0 Å². The maximum Gasteiger partial charge on any atom is 0.315 e. The highest BCUT2D eigenvalue weighted by Crippen LogP contribution is 1.94. The number of carbonyl (C=O) groups excluding carboxylic acids is 2. The predicted molar refractivity (Wildman–Crippen MR) is 70.3 cm³/mol. The first-order valence-corrected chi connectivity index (χ1v) is 6.18. The number of aromatic nitrogens is 1. The molecule has 0 radical (unpaired) electrons. The van der Waals surface area contributed by atoms with Crippen molar-refractivity contribution in [2.75, 3.05) is 6.54 Å². The summed E-state index contributed by atoms with van der Waals surface area (Å²) in [5, 5.41) is 5.26. The Hall–Kier alpha value is -2.11. The highest BCUT2D eigenvalue weighted by Gasteiger charge is 2.06. The first kappa shape index (κ1) is 14.9. The topological polar surface area (TPSA) is 80.3 Å². The van der Waals surface area contributed by atoms with E-state index >= 15 is 0 Å². The van der Waals surface area contributed by atoms with Gasteiger partial charge in [-0.15, -0.1) is 0 Å². The number of urea groups is 1. The zero-order valence-electron chi connectivity index (χ0n) is 11.2. The van der Waals surface area contributed by atoms with Crippen LogP contribution in [0.1, 0.15) is 25.8 Å². The molecule has 0 aromatic carbocycles. The lowest BCUT2D eigenvalue weighted by atomic mass is 10.3. The summed E-state index contributed by atoms with van der Waals surface area (Å²) >= 11 is 0. The van der Waals surface area contributed by atoms with Crippen LogP contribution in [0.5, 0.6) is 0 Å². The minimum Gasteiger partial charge on any atom is -0.463 e. The molecule has 0 unspecified atom stereocenters. The van der Waals surface area contributed by atoms with Gasteiger partial charge in [0.15, 0.2) is 0 Å². The first-order valence-electron chi connectivity index (χ1n) is 6.18. The molecule has 19 heavy (non-hydrogen) atoms. The number of rotatable bonds is 6. The summed E-state index contributed by atoms with van der Waals surface area (Å²) in [6, 6.07) is 3.35. The molecule has 2 N–H and O–H groups in total. The molecule has 0 spiro atoms. The van der Waals surface area contributed by atoms with Crippen LogP contribution in [0.3, 0.4) is 0 Å². The summed E-state index contributed by atoms with van der Waals surface area (Å²) in [6.07, 6.45) is 3.38. The van der Waals surface area contributed by atoms with Gasteiger partial charge in [-0.1, -0.05) is 6.07 Å². The lowest BCUT2D eigenvalue weighted by Crippen LogP contribution is -2.36. The molecule has 2 amide bonds. The minimum absolute atomic E-state index is 0.132. The third kappa shape index (κ3) is 7.03. The van der Waals surface area contributed by atoms with Gasteiger partial charge in [-0.2, -0.15) is 0 Å². The van der Waals surface area contributed by atoms with E-state index in [0.29, 0.717) is 6.54 Å². The highest BCUT2D eigenvalue weighted by atomic mass is 16.5. The maximum absolute atomic E-state index is 11.4. The van der Waals surface area contributed by atoms with Crippen molar-refractivity contribution in [3.8, 4) is 0 Å². The Kier molecular flexibility index (Phi) is 6.35. The van der Waals surface area contributed by atoms with Gasteiger partial charge in [0.2, 0.25) is 0 Å². The normalized spacial score (nSPS) is 10.1. The molecule has 1 heterocycles. The molecule has 1 aromatic rings. The van der Waals surface area contributed by atoms with E-state index in [-0.39, 0.29) is 31.1 Å². The zero-order valence-corrected chi connectivity index (χ0v) is 11.2. The molecule has 0 aliphatic rings. The number of hydrogen-bond donors (Lipinski definition) is 2. The Morgan fingerprint density at radius 1 is 1.37 bits per heavy atom. The van der Waals surface area contributed by atoms with Gasteiger partial charge < -0.3 is 15.4 Å². The van der Waals surface area contributed by atoms with E-state index in [0.717, 1.165) is 5.56 Å². The van der Waals surface area contributed by atoms with E-state index in [4.69, 9.17) is 4.74 Å². The number of esters is 1. The summed E-state index contributed by atoms with van der Waals surface area (Å²) < 4.78 is 4.94. The lowest BCUT2D eigenvalue weighted by Gasteiger charge is -2.09. The summed E-state index contributed by atoms with van der Waals surface area (Å²) in [6.45, 7) is 4.22. The average Bonchev–Trinajstić information content (AvgIpc) is 2.36.